The molecule has 2 N–H and O–H groups in total. The van der Waals surface area contributed by atoms with Crippen molar-refractivity contribution in [1.29, 1.82) is 0 Å². The minimum absolute atomic E-state index is 0.817. The fourth-order valence-electron chi connectivity index (χ4n) is 3.63. The maximum atomic E-state index is 11.6. The lowest BCUT2D eigenvalue weighted by Gasteiger charge is -2.44. The number of benzene rings is 3. The van der Waals surface area contributed by atoms with E-state index in [0.717, 1.165) is 16.7 Å². The first kappa shape index (κ1) is 19.7. The molecular weight excluding hydrogens is 368 g/mol. The van der Waals surface area contributed by atoms with E-state index in [2.05, 4.69) is 0 Å². The van der Waals surface area contributed by atoms with E-state index in [1.54, 1.807) is 0 Å². The predicted octanol–water partition coefficient (Wildman–Crippen LogP) is 4.34. The Labute approximate surface area is 163 Å². The molecule has 0 spiro atoms. The van der Waals surface area contributed by atoms with Crippen molar-refractivity contribution in [1.82, 2.24) is 0 Å². The minimum atomic E-state index is -4.28. The summed E-state index contributed by atoms with van der Waals surface area (Å²) in [6.45, 7) is 5.94. The van der Waals surface area contributed by atoms with Gasteiger partial charge in [0.1, 0.15) is 5.04 Å². The van der Waals surface area contributed by atoms with E-state index in [9.17, 15) is 9.59 Å². The van der Waals surface area contributed by atoms with E-state index in [1.807, 2.05) is 111 Å². The zero-order valence-corrected chi connectivity index (χ0v) is 18.0. The predicted molar refractivity (Wildman–Crippen MR) is 114 cm³/mol. The molecule has 3 rings (SSSR count). The molecule has 0 radical (unpaired) electrons. The summed E-state index contributed by atoms with van der Waals surface area (Å²) in [4.78, 5) is 23.3. The molecule has 3 aromatic carbocycles. The molecule has 0 saturated carbocycles. The number of hydrogen-bond acceptors (Lipinski definition) is 3. The monoisotopic (exact) mass is 394 g/mol. The van der Waals surface area contributed by atoms with Crippen LogP contribution in [0.1, 0.15) is 16.7 Å². The van der Waals surface area contributed by atoms with Crippen LogP contribution in [0.25, 0.3) is 0 Å². The molecule has 0 aliphatic heterocycles. The third kappa shape index (κ3) is 3.83. The summed E-state index contributed by atoms with van der Waals surface area (Å²) in [7, 11) is -6.52. The highest BCUT2D eigenvalue weighted by Gasteiger charge is 2.61. The summed E-state index contributed by atoms with van der Waals surface area (Å²) in [6, 6.07) is 29.0. The Morgan fingerprint density at radius 1 is 0.593 bits per heavy atom. The molecule has 0 fully saturated rings. The van der Waals surface area contributed by atoms with E-state index in [1.165, 1.54) is 0 Å². The van der Waals surface area contributed by atoms with Gasteiger partial charge in [-0.1, -0.05) is 91.0 Å². The van der Waals surface area contributed by atoms with Crippen LogP contribution in [0, 0.1) is 0 Å². The van der Waals surface area contributed by atoms with Gasteiger partial charge in [0.15, 0.2) is 8.32 Å². The van der Waals surface area contributed by atoms with Crippen molar-refractivity contribution in [3.63, 3.8) is 0 Å². The summed E-state index contributed by atoms with van der Waals surface area (Å²) < 4.78 is 6.14. The van der Waals surface area contributed by atoms with E-state index < -0.39 is 22.2 Å². The van der Waals surface area contributed by atoms with Gasteiger partial charge in [-0.25, -0.2) is 0 Å². The zero-order chi connectivity index (χ0) is 19.5. The van der Waals surface area contributed by atoms with Gasteiger partial charge >= 0.3 is 8.80 Å². The lowest BCUT2D eigenvalue weighted by Crippen LogP contribution is -2.64. The number of hydrogen-bond donors (Lipinski definition) is 2. The molecule has 0 atom stereocenters. The highest BCUT2D eigenvalue weighted by atomic mass is 28.5. The van der Waals surface area contributed by atoms with Gasteiger partial charge in [-0.05, 0) is 36.3 Å². The SMILES string of the molecule is C[Si](C)(C)O[Si](O)(O)C(c1ccccc1)(c1ccccc1)c1ccccc1. The molecule has 0 bridgehead atoms. The van der Waals surface area contributed by atoms with Crippen molar-refractivity contribution in [3.05, 3.63) is 108 Å². The third-order valence-corrected chi connectivity index (χ3v) is 9.99. The molecule has 0 unspecified atom stereocenters. The van der Waals surface area contributed by atoms with E-state index >= 15 is 0 Å². The largest absolute Gasteiger partial charge is 0.505 e. The molecular formula is C22H26O3Si2. The molecule has 0 aromatic heterocycles. The van der Waals surface area contributed by atoms with E-state index in [0.29, 0.717) is 0 Å². The average molecular weight is 395 g/mol. The van der Waals surface area contributed by atoms with Crippen molar-refractivity contribution < 1.29 is 13.7 Å². The van der Waals surface area contributed by atoms with Gasteiger partial charge in [-0.15, -0.1) is 0 Å². The lowest BCUT2D eigenvalue weighted by atomic mass is 9.84. The van der Waals surface area contributed by atoms with Crippen LogP contribution >= 0.6 is 0 Å². The molecule has 27 heavy (non-hydrogen) atoms. The van der Waals surface area contributed by atoms with Crippen molar-refractivity contribution in [2.45, 2.75) is 24.7 Å². The Hall–Kier alpha value is -2.03. The molecule has 3 aromatic rings. The molecule has 5 heteroatoms. The van der Waals surface area contributed by atoms with Crippen LogP contribution in [0.15, 0.2) is 91.0 Å². The third-order valence-electron chi connectivity index (χ3n) is 4.56. The quantitative estimate of drug-likeness (QED) is 0.483. The first-order chi connectivity index (χ1) is 12.8. The summed E-state index contributed by atoms with van der Waals surface area (Å²) in [5.74, 6) is 0. The minimum Gasteiger partial charge on any atom is -0.415 e. The second-order valence-electron chi connectivity index (χ2n) is 7.67. The lowest BCUT2D eigenvalue weighted by molar-refractivity contribution is 0.209. The Balaban J connectivity index is 2.40. The second kappa shape index (κ2) is 7.54. The summed E-state index contributed by atoms with van der Waals surface area (Å²) in [6.07, 6.45) is 0. The highest BCUT2D eigenvalue weighted by molar-refractivity contribution is 6.80. The molecule has 3 nitrogen and oxygen atoms in total. The van der Waals surface area contributed by atoms with Gasteiger partial charge < -0.3 is 13.7 Å². The van der Waals surface area contributed by atoms with Crippen molar-refractivity contribution in [2.24, 2.45) is 0 Å². The van der Waals surface area contributed by atoms with Crippen molar-refractivity contribution in [3.8, 4) is 0 Å². The highest BCUT2D eigenvalue weighted by Crippen LogP contribution is 2.45. The zero-order valence-electron chi connectivity index (χ0n) is 16.0. The van der Waals surface area contributed by atoms with Crippen LogP contribution in [0.2, 0.25) is 19.6 Å². The van der Waals surface area contributed by atoms with Gasteiger partial charge in [-0.3, -0.25) is 0 Å². The normalized spacial score (nSPS) is 12.8. The van der Waals surface area contributed by atoms with E-state index in [-0.39, 0.29) is 0 Å². The number of rotatable bonds is 6. The van der Waals surface area contributed by atoms with Crippen LogP contribution in [0.5, 0.6) is 0 Å². The second-order valence-corrected chi connectivity index (χ2v) is 14.7. The Kier molecular flexibility index (Phi) is 5.51. The average Bonchev–Trinajstić information content (AvgIpc) is 2.63. The van der Waals surface area contributed by atoms with Crippen LogP contribution < -0.4 is 0 Å². The molecule has 0 amide bonds. The van der Waals surface area contributed by atoms with Gasteiger partial charge in [0.05, 0.1) is 0 Å². The fourth-order valence-corrected chi connectivity index (χ4v) is 9.29. The molecule has 0 aliphatic rings. The molecule has 140 valence electrons. The van der Waals surface area contributed by atoms with Gasteiger partial charge in [0.25, 0.3) is 0 Å². The summed E-state index contributed by atoms with van der Waals surface area (Å²) in [5, 5.41) is -1.16. The van der Waals surface area contributed by atoms with Gasteiger partial charge in [0.2, 0.25) is 0 Å². The van der Waals surface area contributed by atoms with Crippen LogP contribution in [-0.4, -0.2) is 26.7 Å². The van der Waals surface area contributed by atoms with E-state index in [4.69, 9.17) is 4.12 Å². The summed E-state index contributed by atoms with van der Waals surface area (Å²) >= 11 is 0. The van der Waals surface area contributed by atoms with Crippen molar-refractivity contribution in [2.75, 3.05) is 0 Å². The Morgan fingerprint density at radius 3 is 1.15 bits per heavy atom. The van der Waals surface area contributed by atoms with Crippen molar-refractivity contribution >= 4 is 17.1 Å². The van der Waals surface area contributed by atoms with Gasteiger partial charge in [0, 0.05) is 0 Å². The Bertz CT molecular complexity index is 764. The first-order valence-corrected chi connectivity index (χ1v) is 14.3. The maximum absolute atomic E-state index is 11.6. The molecule has 0 heterocycles. The molecule has 0 saturated heterocycles. The smallest absolute Gasteiger partial charge is 0.415 e. The Morgan fingerprint density at radius 2 is 0.889 bits per heavy atom. The first-order valence-electron chi connectivity index (χ1n) is 9.09. The van der Waals surface area contributed by atoms with Crippen LogP contribution in [0.3, 0.4) is 0 Å². The maximum Gasteiger partial charge on any atom is 0.505 e. The summed E-state index contributed by atoms with van der Waals surface area (Å²) in [5.41, 5.74) is 2.45. The molecule has 0 aliphatic carbocycles. The fraction of sp³-hybridized carbons (Fsp3) is 0.182. The topological polar surface area (TPSA) is 49.7 Å². The standard InChI is InChI=1S/C22H26O3Si2/c1-26(2,3)25-27(23,24)22(19-13-7-4-8-14-19,20-15-9-5-10-16-20)21-17-11-6-12-18-21/h4-18,23-24H,1-3H3. The van der Waals surface area contributed by atoms with Gasteiger partial charge in [-0.2, -0.15) is 0 Å². The van der Waals surface area contributed by atoms with Crippen LogP contribution in [0.4, 0.5) is 0 Å². The van der Waals surface area contributed by atoms with Crippen LogP contribution in [-0.2, 0) is 9.15 Å².